The van der Waals surface area contributed by atoms with Gasteiger partial charge < -0.3 is 15.0 Å². The number of aromatic nitrogens is 2. The second-order valence-electron chi connectivity index (χ2n) is 7.27. The zero-order valence-electron chi connectivity index (χ0n) is 14.3. The molecule has 6 nitrogen and oxygen atoms in total. The van der Waals surface area contributed by atoms with E-state index in [0.717, 1.165) is 31.5 Å². The van der Waals surface area contributed by atoms with E-state index in [1.54, 1.807) is 13.3 Å². The lowest BCUT2D eigenvalue weighted by molar-refractivity contribution is -0.00491. The summed E-state index contributed by atoms with van der Waals surface area (Å²) in [4.78, 5) is 14.3. The van der Waals surface area contributed by atoms with Gasteiger partial charge in [-0.1, -0.05) is 0 Å². The Kier molecular flexibility index (Phi) is 4.80. The molecule has 0 unspecified atom stereocenters. The third-order valence-electron chi connectivity index (χ3n) is 4.35. The predicted molar refractivity (Wildman–Crippen MR) is 87.1 cm³/mol. The molecule has 0 aliphatic carbocycles. The van der Waals surface area contributed by atoms with E-state index >= 15 is 0 Å². The van der Waals surface area contributed by atoms with E-state index in [1.165, 1.54) is 0 Å². The van der Waals surface area contributed by atoms with Crippen LogP contribution in [-0.2, 0) is 10.3 Å². The summed E-state index contributed by atoms with van der Waals surface area (Å²) in [6.45, 7) is 9.81. The van der Waals surface area contributed by atoms with E-state index < -0.39 is 0 Å². The maximum Gasteiger partial charge on any atom is 0.321 e. The van der Waals surface area contributed by atoms with Gasteiger partial charge in [0.05, 0.1) is 23.0 Å². The van der Waals surface area contributed by atoms with E-state index in [2.05, 4.69) is 38.1 Å². The Morgan fingerprint density at radius 2 is 2.09 bits per heavy atom. The van der Waals surface area contributed by atoms with E-state index in [9.17, 15) is 4.79 Å². The van der Waals surface area contributed by atoms with E-state index in [0.29, 0.717) is 6.54 Å². The highest BCUT2D eigenvalue weighted by atomic mass is 16.5. The van der Waals surface area contributed by atoms with Crippen molar-refractivity contribution < 1.29 is 9.53 Å². The van der Waals surface area contributed by atoms with Crippen molar-refractivity contribution in [2.75, 3.05) is 25.5 Å². The third-order valence-corrected chi connectivity index (χ3v) is 4.35. The largest absolute Gasteiger partial charge is 0.378 e. The van der Waals surface area contributed by atoms with Gasteiger partial charge in [0.15, 0.2) is 0 Å². The second-order valence-corrected chi connectivity index (χ2v) is 7.27. The quantitative estimate of drug-likeness (QED) is 0.913. The van der Waals surface area contributed by atoms with Crippen molar-refractivity contribution in [2.24, 2.45) is 0 Å². The molecule has 1 aliphatic heterocycles. The standard InChI is InChI=1S/C16H28N4O2/c1-15(2,3)20-12-13(11-17-20)18-14(21)19-9-6-7-16(4,22-5)8-10-19/h11-12H,6-10H2,1-5H3,(H,18,21)/t16-/m1/s1. The number of nitrogens with zero attached hydrogens (tertiary/aromatic N) is 3. The zero-order chi connectivity index (χ0) is 16.4. The average Bonchev–Trinajstić information content (AvgIpc) is 2.82. The van der Waals surface area contributed by atoms with Gasteiger partial charge in [0.1, 0.15) is 0 Å². The molecule has 2 rings (SSSR count). The molecular formula is C16H28N4O2. The summed E-state index contributed by atoms with van der Waals surface area (Å²) in [5.41, 5.74) is 0.525. The Bertz CT molecular complexity index is 520. The van der Waals surface area contributed by atoms with Gasteiger partial charge in [0, 0.05) is 26.4 Å². The van der Waals surface area contributed by atoms with Crippen molar-refractivity contribution >= 4 is 11.7 Å². The van der Waals surface area contributed by atoms with Crippen molar-refractivity contribution in [3.63, 3.8) is 0 Å². The lowest BCUT2D eigenvalue weighted by atomic mass is 9.97. The fourth-order valence-corrected chi connectivity index (χ4v) is 2.62. The molecule has 6 heteroatoms. The molecule has 1 N–H and O–H groups in total. The van der Waals surface area contributed by atoms with E-state index in [1.807, 2.05) is 15.8 Å². The minimum Gasteiger partial charge on any atom is -0.378 e. The van der Waals surface area contributed by atoms with Gasteiger partial charge >= 0.3 is 6.03 Å². The molecular weight excluding hydrogens is 280 g/mol. The number of methoxy groups -OCH3 is 1. The van der Waals surface area contributed by atoms with Gasteiger partial charge in [-0.25, -0.2) is 4.79 Å². The average molecular weight is 308 g/mol. The zero-order valence-corrected chi connectivity index (χ0v) is 14.3. The highest BCUT2D eigenvalue weighted by Crippen LogP contribution is 2.25. The molecule has 1 aromatic heterocycles. The normalized spacial score (nSPS) is 23.2. The first-order valence-electron chi connectivity index (χ1n) is 7.90. The van der Waals surface area contributed by atoms with Crippen LogP contribution in [0, 0.1) is 0 Å². The van der Waals surface area contributed by atoms with Crippen LogP contribution >= 0.6 is 0 Å². The number of hydrogen-bond acceptors (Lipinski definition) is 3. The van der Waals surface area contributed by atoms with Crippen molar-refractivity contribution in [1.29, 1.82) is 0 Å². The van der Waals surface area contributed by atoms with Gasteiger partial charge in [-0.3, -0.25) is 4.68 Å². The van der Waals surface area contributed by atoms with Gasteiger partial charge in [-0.15, -0.1) is 0 Å². The molecule has 0 radical (unpaired) electrons. The number of nitrogens with one attached hydrogen (secondary N) is 1. The number of ether oxygens (including phenoxy) is 1. The van der Waals surface area contributed by atoms with Crippen molar-refractivity contribution in [2.45, 2.75) is 58.1 Å². The van der Waals surface area contributed by atoms with Crippen LogP contribution in [-0.4, -0.2) is 46.5 Å². The van der Waals surface area contributed by atoms with Crippen LogP contribution in [0.4, 0.5) is 10.5 Å². The summed E-state index contributed by atoms with van der Waals surface area (Å²) in [5, 5.41) is 7.24. The number of hydrogen-bond donors (Lipinski definition) is 1. The first-order chi connectivity index (χ1) is 10.2. The highest BCUT2D eigenvalue weighted by molar-refractivity contribution is 5.89. The molecule has 22 heavy (non-hydrogen) atoms. The number of anilines is 1. The van der Waals surface area contributed by atoms with Crippen LogP contribution in [0.3, 0.4) is 0 Å². The Balaban J connectivity index is 1.96. The van der Waals surface area contributed by atoms with Crippen LogP contribution in [0.2, 0.25) is 0 Å². The lowest BCUT2D eigenvalue weighted by Crippen LogP contribution is -2.37. The third kappa shape index (κ3) is 4.00. The van der Waals surface area contributed by atoms with Crippen molar-refractivity contribution in [3.8, 4) is 0 Å². The summed E-state index contributed by atoms with van der Waals surface area (Å²) >= 11 is 0. The molecule has 0 aromatic carbocycles. The Morgan fingerprint density at radius 3 is 2.68 bits per heavy atom. The maximum absolute atomic E-state index is 12.4. The monoisotopic (exact) mass is 308 g/mol. The Hall–Kier alpha value is -1.56. The number of carbonyl (C=O) groups is 1. The number of rotatable bonds is 2. The molecule has 0 spiro atoms. The Morgan fingerprint density at radius 1 is 1.36 bits per heavy atom. The number of urea groups is 1. The van der Waals surface area contributed by atoms with Crippen molar-refractivity contribution in [1.82, 2.24) is 14.7 Å². The van der Waals surface area contributed by atoms with Crippen LogP contribution in [0.1, 0.15) is 47.0 Å². The summed E-state index contributed by atoms with van der Waals surface area (Å²) in [6, 6.07) is -0.0613. The van der Waals surface area contributed by atoms with Gasteiger partial charge in [0.2, 0.25) is 0 Å². The molecule has 1 saturated heterocycles. The van der Waals surface area contributed by atoms with Gasteiger partial charge in [0.25, 0.3) is 0 Å². The van der Waals surface area contributed by atoms with Crippen LogP contribution in [0.15, 0.2) is 12.4 Å². The number of likely N-dealkylation sites (tertiary alicyclic amines) is 1. The van der Waals surface area contributed by atoms with Crippen LogP contribution in [0.25, 0.3) is 0 Å². The molecule has 1 atom stereocenters. The molecule has 2 heterocycles. The topological polar surface area (TPSA) is 59.4 Å². The maximum atomic E-state index is 12.4. The smallest absolute Gasteiger partial charge is 0.321 e. The molecule has 1 aromatic rings. The van der Waals surface area contributed by atoms with Crippen molar-refractivity contribution in [3.05, 3.63) is 12.4 Å². The minimum atomic E-state index is -0.119. The highest BCUT2D eigenvalue weighted by Gasteiger charge is 2.29. The number of carbonyl (C=O) groups excluding carboxylic acids is 1. The second kappa shape index (κ2) is 6.28. The summed E-state index contributed by atoms with van der Waals surface area (Å²) in [6.07, 6.45) is 6.36. The summed E-state index contributed by atoms with van der Waals surface area (Å²) in [7, 11) is 1.75. The molecule has 1 fully saturated rings. The first kappa shape index (κ1) is 16.8. The Labute approximate surface area is 132 Å². The molecule has 0 saturated carbocycles. The SMILES string of the molecule is CO[C@]1(C)CCCN(C(=O)Nc2cnn(C(C)(C)C)c2)CC1. The van der Waals surface area contributed by atoms with Gasteiger partial charge in [-0.05, 0) is 47.0 Å². The number of amides is 2. The van der Waals surface area contributed by atoms with Gasteiger partial charge in [-0.2, -0.15) is 5.10 Å². The van der Waals surface area contributed by atoms with E-state index in [-0.39, 0.29) is 17.2 Å². The molecule has 124 valence electrons. The fraction of sp³-hybridized carbons (Fsp3) is 0.750. The summed E-state index contributed by atoms with van der Waals surface area (Å²) in [5.74, 6) is 0. The lowest BCUT2D eigenvalue weighted by Gasteiger charge is -2.26. The minimum absolute atomic E-state index is 0.0613. The molecule has 1 aliphatic rings. The summed E-state index contributed by atoms with van der Waals surface area (Å²) < 4.78 is 7.43. The molecule has 0 bridgehead atoms. The van der Waals surface area contributed by atoms with Crippen LogP contribution in [0.5, 0.6) is 0 Å². The van der Waals surface area contributed by atoms with Crippen LogP contribution < -0.4 is 5.32 Å². The van der Waals surface area contributed by atoms with E-state index in [4.69, 9.17) is 4.74 Å². The predicted octanol–water partition coefficient (Wildman–Crippen LogP) is 3.06. The first-order valence-corrected chi connectivity index (χ1v) is 7.90. The molecule has 2 amide bonds. The fourth-order valence-electron chi connectivity index (χ4n) is 2.62.